The lowest BCUT2D eigenvalue weighted by molar-refractivity contribution is -0.123. The van der Waals surface area contributed by atoms with Crippen molar-refractivity contribution in [3.05, 3.63) is 94.5 Å². The molecule has 3 aromatic rings. The highest BCUT2D eigenvalue weighted by Gasteiger charge is 2.10. The van der Waals surface area contributed by atoms with Crippen molar-refractivity contribution in [2.24, 2.45) is 0 Å². The highest BCUT2D eigenvalue weighted by molar-refractivity contribution is 7.80. The van der Waals surface area contributed by atoms with Crippen LogP contribution < -0.4 is 25.6 Å². The van der Waals surface area contributed by atoms with Crippen molar-refractivity contribution in [1.29, 1.82) is 0 Å². The van der Waals surface area contributed by atoms with Crippen LogP contribution in [0.4, 0.5) is 0 Å². The summed E-state index contributed by atoms with van der Waals surface area (Å²) in [5, 5.41) is 3.06. The molecule has 0 atom stereocenters. The highest BCUT2D eigenvalue weighted by atomic mass is 35.5. The molecule has 7 nitrogen and oxygen atoms in total. The summed E-state index contributed by atoms with van der Waals surface area (Å²) in [6, 6.07) is 21.8. The van der Waals surface area contributed by atoms with Crippen LogP contribution >= 0.6 is 23.8 Å². The van der Waals surface area contributed by atoms with Crippen LogP contribution in [0.15, 0.2) is 72.8 Å². The fourth-order valence-corrected chi connectivity index (χ4v) is 3.12. The SMILES string of the molecule is Cc1cc(OCC(=O)NNC(=S)NC(=O)c2ccc(OCCc3ccccc3)cc2)ccc1Cl. The van der Waals surface area contributed by atoms with Gasteiger partial charge in [0.25, 0.3) is 11.8 Å². The zero-order valence-corrected chi connectivity index (χ0v) is 20.0. The predicted molar refractivity (Wildman–Crippen MR) is 135 cm³/mol. The number of hydrogen-bond donors (Lipinski definition) is 3. The molecule has 0 bridgehead atoms. The van der Waals surface area contributed by atoms with Crippen LogP contribution in [-0.2, 0) is 11.2 Å². The van der Waals surface area contributed by atoms with E-state index in [-0.39, 0.29) is 11.7 Å². The standard InChI is InChI=1S/C25H24ClN3O4S/c1-17-15-21(11-12-22(17)26)33-16-23(30)28-29-25(34)27-24(31)19-7-9-20(10-8-19)32-14-13-18-5-3-2-4-6-18/h2-12,15H,13-14,16H2,1H3,(H,28,30)(H2,27,29,31,34). The fraction of sp³-hybridized carbons (Fsp3) is 0.160. The van der Waals surface area contributed by atoms with Gasteiger partial charge in [-0.3, -0.25) is 25.8 Å². The van der Waals surface area contributed by atoms with Crippen molar-refractivity contribution in [2.45, 2.75) is 13.3 Å². The summed E-state index contributed by atoms with van der Waals surface area (Å²) in [4.78, 5) is 24.3. The third-order valence-electron chi connectivity index (χ3n) is 4.66. The van der Waals surface area contributed by atoms with E-state index in [1.165, 1.54) is 5.56 Å². The van der Waals surface area contributed by atoms with Gasteiger partial charge in [-0.15, -0.1) is 0 Å². The van der Waals surface area contributed by atoms with Crippen LogP contribution in [0.25, 0.3) is 0 Å². The van der Waals surface area contributed by atoms with E-state index < -0.39 is 11.8 Å². The molecule has 0 fully saturated rings. The third kappa shape index (κ3) is 8.06. The number of hydrazine groups is 1. The molecule has 3 N–H and O–H groups in total. The van der Waals surface area contributed by atoms with E-state index in [1.807, 2.05) is 37.3 Å². The van der Waals surface area contributed by atoms with Crippen molar-refractivity contribution < 1.29 is 19.1 Å². The third-order valence-corrected chi connectivity index (χ3v) is 5.29. The second-order valence-electron chi connectivity index (χ2n) is 7.26. The Morgan fingerprint density at radius 1 is 0.912 bits per heavy atom. The Kier molecular flexibility index (Phi) is 9.25. The van der Waals surface area contributed by atoms with Gasteiger partial charge in [-0.05, 0) is 72.7 Å². The quantitative estimate of drug-likeness (QED) is 0.322. The molecule has 3 aromatic carbocycles. The molecule has 176 valence electrons. The number of thiocarbonyl (C=S) groups is 1. The Bertz CT molecular complexity index is 1140. The van der Waals surface area contributed by atoms with E-state index in [9.17, 15) is 9.59 Å². The van der Waals surface area contributed by atoms with Crippen LogP contribution in [0.5, 0.6) is 11.5 Å². The first-order chi connectivity index (χ1) is 16.4. The van der Waals surface area contributed by atoms with Gasteiger partial charge in [0.05, 0.1) is 6.61 Å². The summed E-state index contributed by atoms with van der Waals surface area (Å²) in [6.07, 6.45) is 0.791. The smallest absolute Gasteiger partial charge is 0.276 e. The Balaban J connectivity index is 1.36. The average molecular weight is 498 g/mol. The number of amides is 2. The molecule has 2 amide bonds. The first-order valence-electron chi connectivity index (χ1n) is 10.5. The van der Waals surface area contributed by atoms with Crippen LogP contribution in [0.3, 0.4) is 0 Å². The summed E-state index contributed by atoms with van der Waals surface area (Å²) >= 11 is 11.0. The lowest BCUT2D eigenvalue weighted by Crippen LogP contribution is -2.49. The van der Waals surface area contributed by atoms with Gasteiger partial charge in [0.15, 0.2) is 11.7 Å². The van der Waals surface area contributed by atoms with E-state index in [0.29, 0.717) is 28.7 Å². The summed E-state index contributed by atoms with van der Waals surface area (Å²) in [5.74, 6) is 0.286. The highest BCUT2D eigenvalue weighted by Crippen LogP contribution is 2.20. The molecule has 0 aliphatic rings. The van der Waals surface area contributed by atoms with Crippen molar-refractivity contribution in [3.63, 3.8) is 0 Å². The number of rotatable bonds is 8. The molecule has 0 heterocycles. The summed E-state index contributed by atoms with van der Waals surface area (Å²) in [7, 11) is 0. The molecule has 0 aliphatic heterocycles. The molecule has 3 rings (SSSR count). The van der Waals surface area contributed by atoms with Gasteiger partial charge in [-0.2, -0.15) is 0 Å². The van der Waals surface area contributed by atoms with Crippen LogP contribution in [0.1, 0.15) is 21.5 Å². The monoisotopic (exact) mass is 497 g/mol. The van der Waals surface area contributed by atoms with Crippen molar-refractivity contribution in [3.8, 4) is 11.5 Å². The van der Waals surface area contributed by atoms with E-state index in [0.717, 1.165) is 12.0 Å². The Labute approximate surface area is 208 Å². The molecule has 0 aliphatic carbocycles. The van der Waals surface area contributed by atoms with Gasteiger partial charge < -0.3 is 9.47 Å². The molecule has 0 spiro atoms. The number of carbonyl (C=O) groups excluding carboxylic acids is 2. The van der Waals surface area contributed by atoms with E-state index in [2.05, 4.69) is 16.2 Å². The van der Waals surface area contributed by atoms with Crippen molar-refractivity contribution in [2.75, 3.05) is 13.2 Å². The largest absolute Gasteiger partial charge is 0.493 e. The van der Waals surface area contributed by atoms with Gasteiger partial charge in [0.1, 0.15) is 11.5 Å². The number of aryl methyl sites for hydroxylation is 1. The van der Waals surface area contributed by atoms with Gasteiger partial charge in [0.2, 0.25) is 0 Å². The summed E-state index contributed by atoms with van der Waals surface area (Å²) < 4.78 is 11.1. The van der Waals surface area contributed by atoms with Crippen molar-refractivity contribution >= 4 is 40.7 Å². The van der Waals surface area contributed by atoms with E-state index >= 15 is 0 Å². The zero-order chi connectivity index (χ0) is 24.3. The molecule has 0 saturated heterocycles. The Morgan fingerprint density at radius 2 is 1.62 bits per heavy atom. The minimum Gasteiger partial charge on any atom is -0.493 e. The van der Waals surface area contributed by atoms with E-state index in [4.69, 9.17) is 33.3 Å². The maximum absolute atomic E-state index is 12.4. The van der Waals surface area contributed by atoms with Gasteiger partial charge in [-0.1, -0.05) is 41.9 Å². The second-order valence-corrected chi connectivity index (χ2v) is 8.08. The van der Waals surface area contributed by atoms with Crippen LogP contribution in [0.2, 0.25) is 5.02 Å². The average Bonchev–Trinajstić information content (AvgIpc) is 2.84. The van der Waals surface area contributed by atoms with Crippen LogP contribution in [0, 0.1) is 6.92 Å². The molecule has 34 heavy (non-hydrogen) atoms. The number of ether oxygens (including phenoxy) is 2. The number of carbonyl (C=O) groups is 2. The molecular weight excluding hydrogens is 474 g/mol. The summed E-state index contributed by atoms with van der Waals surface area (Å²) in [5.41, 5.74) is 7.26. The number of hydrogen-bond acceptors (Lipinski definition) is 5. The molecule has 0 unspecified atom stereocenters. The number of nitrogens with one attached hydrogen (secondary N) is 3. The van der Waals surface area contributed by atoms with E-state index in [1.54, 1.807) is 42.5 Å². The lowest BCUT2D eigenvalue weighted by Gasteiger charge is -2.12. The maximum atomic E-state index is 12.4. The molecule has 0 saturated carbocycles. The Hall–Kier alpha value is -3.62. The van der Waals surface area contributed by atoms with Gasteiger partial charge in [-0.25, -0.2) is 0 Å². The Morgan fingerprint density at radius 3 is 2.32 bits per heavy atom. The normalized spacial score (nSPS) is 10.2. The first-order valence-corrected chi connectivity index (χ1v) is 11.3. The zero-order valence-electron chi connectivity index (χ0n) is 18.5. The number of halogens is 1. The molecule has 0 radical (unpaired) electrons. The van der Waals surface area contributed by atoms with Gasteiger partial charge in [0, 0.05) is 17.0 Å². The fourth-order valence-electron chi connectivity index (χ4n) is 2.86. The molecular formula is C25H24ClN3O4S. The van der Waals surface area contributed by atoms with Gasteiger partial charge >= 0.3 is 0 Å². The predicted octanol–water partition coefficient (Wildman–Crippen LogP) is 3.98. The second kappa shape index (κ2) is 12.6. The maximum Gasteiger partial charge on any atom is 0.276 e. The number of benzene rings is 3. The molecule has 0 aromatic heterocycles. The minimum atomic E-state index is -0.471. The van der Waals surface area contributed by atoms with Crippen LogP contribution in [-0.4, -0.2) is 30.1 Å². The van der Waals surface area contributed by atoms with Crippen molar-refractivity contribution in [1.82, 2.24) is 16.2 Å². The summed E-state index contributed by atoms with van der Waals surface area (Å²) in [6.45, 7) is 2.13. The first kappa shape index (κ1) is 25.0. The lowest BCUT2D eigenvalue weighted by atomic mass is 10.2. The molecule has 9 heteroatoms. The topological polar surface area (TPSA) is 88.7 Å². The minimum absolute atomic E-state index is 0.0520.